The zero-order valence-corrected chi connectivity index (χ0v) is 20.7. The van der Waals surface area contributed by atoms with Crippen molar-refractivity contribution in [3.63, 3.8) is 0 Å². The Bertz CT molecular complexity index is 1280. The van der Waals surface area contributed by atoms with Gasteiger partial charge in [-0.25, -0.2) is 27.9 Å². The van der Waals surface area contributed by atoms with Gasteiger partial charge in [0.05, 0.1) is 17.4 Å². The number of rotatable bonds is 7. The third kappa shape index (κ3) is 6.55. The van der Waals surface area contributed by atoms with Crippen molar-refractivity contribution in [2.75, 3.05) is 23.1 Å². The number of aryl methyl sites for hydroxylation is 1. The molecule has 0 radical (unpaired) electrons. The third-order valence-corrected chi connectivity index (χ3v) is 7.75. The van der Waals surface area contributed by atoms with Crippen LogP contribution in [0.2, 0.25) is 0 Å². The normalized spacial score (nSPS) is 15.9. The van der Waals surface area contributed by atoms with Crippen LogP contribution in [0.5, 0.6) is 0 Å². The molecule has 0 bridgehead atoms. The van der Waals surface area contributed by atoms with E-state index in [1.165, 1.54) is 30.5 Å². The summed E-state index contributed by atoms with van der Waals surface area (Å²) in [4.78, 5) is 36.0. The highest BCUT2D eigenvalue weighted by atomic mass is 32.2. The number of hydrogen-bond donors (Lipinski definition) is 3. The minimum absolute atomic E-state index is 0.0105. The predicted octanol–water partition coefficient (Wildman–Crippen LogP) is 3.21. The Morgan fingerprint density at radius 2 is 1.97 bits per heavy atom. The van der Waals surface area contributed by atoms with Crippen LogP contribution >= 0.6 is 11.3 Å². The van der Waals surface area contributed by atoms with Gasteiger partial charge < -0.3 is 15.5 Å². The van der Waals surface area contributed by atoms with Crippen LogP contribution in [0, 0.1) is 12.8 Å². The summed E-state index contributed by atoms with van der Waals surface area (Å²) in [7, 11) is -3.87. The molecule has 4 rings (SSSR count). The van der Waals surface area contributed by atoms with E-state index in [0.29, 0.717) is 37.4 Å². The number of carbonyl (C=O) groups excluding carboxylic acids is 2. The molecule has 10 nitrogen and oxygen atoms in total. The number of amides is 3. The maximum atomic E-state index is 12.8. The topological polar surface area (TPSA) is 133 Å². The van der Waals surface area contributed by atoms with E-state index in [4.69, 9.17) is 0 Å². The first-order chi connectivity index (χ1) is 16.8. The van der Waals surface area contributed by atoms with Crippen molar-refractivity contribution < 1.29 is 18.0 Å². The Morgan fingerprint density at radius 1 is 1.17 bits per heavy atom. The SMILES string of the molecule is Cc1ccnc(NS(=O)(=O)c2ccc(NC(=O)C3CCCN(C(=O)NCc4cccs4)C3)cc2)n1. The Kier molecular flexibility index (Phi) is 7.61. The summed E-state index contributed by atoms with van der Waals surface area (Å²) in [6, 6.07) is 11.2. The minimum atomic E-state index is -3.87. The molecule has 35 heavy (non-hydrogen) atoms. The molecule has 3 N–H and O–H groups in total. The van der Waals surface area contributed by atoms with Gasteiger partial charge in [-0.1, -0.05) is 6.07 Å². The molecule has 0 aliphatic carbocycles. The fourth-order valence-electron chi connectivity index (χ4n) is 3.70. The first kappa shape index (κ1) is 24.6. The number of anilines is 2. The lowest BCUT2D eigenvalue weighted by molar-refractivity contribution is -0.121. The van der Waals surface area contributed by atoms with Gasteiger partial charge in [-0.05, 0) is 61.5 Å². The van der Waals surface area contributed by atoms with Gasteiger partial charge in [0.15, 0.2) is 0 Å². The van der Waals surface area contributed by atoms with Gasteiger partial charge in [-0.3, -0.25) is 4.79 Å². The van der Waals surface area contributed by atoms with Crippen LogP contribution in [0.4, 0.5) is 16.4 Å². The highest BCUT2D eigenvalue weighted by Gasteiger charge is 2.28. The predicted molar refractivity (Wildman–Crippen MR) is 134 cm³/mol. The van der Waals surface area contributed by atoms with E-state index in [2.05, 4.69) is 25.3 Å². The fourth-order valence-corrected chi connectivity index (χ4v) is 5.30. The second-order valence-corrected chi connectivity index (χ2v) is 10.9. The van der Waals surface area contributed by atoms with E-state index in [9.17, 15) is 18.0 Å². The summed E-state index contributed by atoms with van der Waals surface area (Å²) in [5.41, 5.74) is 1.11. The summed E-state index contributed by atoms with van der Waals surface area (Å²) >= 11 is 1.58. The smallest absolute Gasteiger partial charge is 0.317 e. The lowest BCUT2D eigenvalue weighted by Gasteiger charge is -2.32. The molecule has 0 saturated carbocycles. The highest BCUT2D eigenvalue weighted by Crippen LogP contribution is 2.21. The second-order valence-electron chi connectivity index (χ2n) is 8.16. The van der Waals surface area contributed by atoms with Crippen LogP contribution in [-0.2, 0) is 21.4 Å². The number of carbonyl (C=O) groups is 2. The number of thiophene rings is 1. The van der Waals surface area contributed by atoms with Crippen molar-refractivity contribution in [2.24, 2.45) is 5.92 Å². The molecule has 1 saturated heterocycles. The van der Waals surface area contributed by atoms with Gasteiger partial charge in [0.2, 0.25) is 11.9 Å². The standard InChI is InChI=1S/C23H26N6O4S2/c1-16-10-11-24-22(26-16)28-35(32,33)20-8-6-18(7-9-20)27-21(30)17-4-2-12-29(15-17)23(31)25-14-19-5-3-13-34-19/h3,5-11,13,17H,2,4,12,14-15H2,1H3,(H,25,31)(H,27,30)(H,24,26,28). The number of nitrogens with one attached hydrogen (secondary N) is 3. The average molecular weight is 515 g/mol. The van der Waals surface area contributed by atoms with E-state index < -0.39 is 10.0 Å². The molecule has 1 aromatic carbocycles. The summed E-state index contributed by atoms with van der Waals surface area (Å²) in [6.07, 6.45) is 2.88. The zero-order valence-electron chi connectivity index (χ0n) is 19.1. The first-order valence-electron chi connectivity index (χ1n) is 11.1. The van der Waals surface area contributed by atoms with Crippen molar-refractivity contribution in [1.82, 2.24) is 20.2 Å². The van der Waals surface area contributed by atoms with Crippen molar-refractivity contribution >= 4 is 44.9 Å². The second kappa shape index (κ2) is 10.8. The molecule has 2 aromatic heterocycles. The van der Waals surface area contributed by atoms with E-state index in [1.807, 2.05) is 17.5 Å². The number of piperidine rings is 1. The number of likely N-dealkylation sites (tertiary alicyclic amines) is 1. The number of hydrogen-bond acceptors (Lipinski definition) is 7. The van der Waals surface area contributed by atoms with E-state index in [0.717, 1.165) is 11.3 Å². The third-order valence-electron chi connectivity index (χ3n) is 5.53. The molecule has 1 atom stereocenters. The van der Waals surface area contributed by atoms with Gasteiger partial charge in [-0.15, -0.1) is 11.3 Å². The number of urea groups is 1. The van der Waals surface area contributed by atoms with Crippen LogP contribution < -0.4 is 15.4 Å². The molecule has 1 unspecified atom stereocenters. The average Bonchev–Trinajstić information content (AvgIpc) is 3.36. The maximum absolute atomic E-state index is 12.8. The molecular formula is C23H26N6O4S2. The van der Waals surface area contributed by atoms with Crippen LogP contribution in [0.25, 0.3) is 0 Å². The van der Waals surface area contributed by atoms with Gasteiger partial charge in [0.1, 0.15) is 0 Å². The van der Waals surface area contributed by atoms with Gasteiger partial charge >= 0.3 is 6.03 Å². The molecule has 184 valence electrons. The van der Waals surface area contributed by atoms with E-state index in [1.54, 1.807) is 29.2 Å². The molecular weight excluding hydrogens is 488 g/mol. The molecule has 12 heteroatoms. The van der Waals surface area contributed by atoms with Gasteiger partial charge in [-0.2, -0.15) is 0 Å². The molecule has 3 amide bonds. The Morgan fingerprint density at radius 3 is 2.69 bits per heavy atom. The summed E-state index contributed by atoms with van der Waals surface area (Å²) in [6.45, 7) is 3.13. The van der Waals surface area contributed by atoms with Crippen LogP contribution in [0.1, 0.15) is 23.4 Å². The Labute approximate surface area is 207 Å². The van der Waals surface area contributed by atoms with Crippen molar-refractivity contribution in [3.8, 4) is 0 Å². The largest absolute Gasteiger partial charge is 0.333 e. The van der Waals surface area contributed by atoms with E-state index in [-0.39, 0.29) is 28.7 Å². The summed E-state index contributed by atoms with van der Waals surface area (Å²) in [5, 5.41) is 7.68. The Hall–Kier alpha value is -3.51. The maximum Gasteiger partial charge on any atom is 0.317 e. The fraction of sp³-hybridized carbons (Fsp3) is 0.304. The van der Waals surface area contributed by atoms with Crippen LogP contribution in [-0.4, -0.2) is 48.3 Å². The van der Waals surface area contributed by atoms with Gasteiger partial charge in [0, 0.05) is 35.5 Å². The van der Waals surface area contributed by atoms with E-state index >= 15 is 0 Å². The van der Waals surface area contributed by atoms with Crippen LogP contribution in [0.3, 0.4) is 0 Å². The molecule has 1 aliphatic rings. The molecule has 1 aliphatic heterocycles. The van der Waals surface area contributed by atoms with Crippen molar-refractivity contribution in [3.05, 3.63) is 64.6 Å². The number of benzene rings is 1. The van der Waals surface area contributed by atoms with Crippen LogP contribution in [0.15, 0.2) is 58.9 Å². The Balaban J connectivity index is 1.32. The number of aromatic nitrogens is 2. The summed E-state index contributed by atoms with van der Waals surface area (Å²) in [5.74, 6) is -0.564. The first-order valence-corrected chi connectivity index (χ1v) is 13.4. The monoisotopic (exact) mass is 514 g/mol. The number of nitrogens with zero attached hydrogens (tertiary/aromatic N) is 3. The lowest BCUT2D eigenvalue weighted by Crippen LogP contribution is -2.47. The van der Waals surface area contributed by atoms with Gasteiger partial charge in [0.25, 0.3) is 10.0 Å². The molecule has 3 heterocycles. The zero-order chi connectivity index (χ0) is 24.8. The molecule has 0 spiro atoms. The van der Waals surface area contributed by atoms with Crippen molar-refractivity contribution in [1.29, 1.82) is 0 Å². The van der Waals surface area contributed by atoms with Crippen molar-refractivity contribution in [2.45, 2.75) is 31.2 Å². The molecule has 3 aromatic rings. The highest BCUT2D eigenvalue weighted by molar-refractivity contribution is 7.92. The number of sulfonamides is 1. The minimum Gasteiger partial charge on any atom is -0.333 e. The molecule has 1 fully saturated rings. The quantitative estimate of drug-likeness (QED) is 0.443. The lowest BCUT2D eigenvalue weighted by atomic mass is 9.97. The summed E-state index contributed by atoms with van der Waals surface area (Å²) < 4.78 is 27.5.